The molecular weight excluding hydrogens is 396 g/mol. The number of sulfonamides is 1. The summed E-state index contributed by atoms with van der Waals surface area (Å²) in [6.45, 7) is 2.23. The van der Waals surface area contributed by atoms with Crippen molar-refractivity contribution in [3.8, 4) is 16.2 Å². The molecule has 4 rings (SSSR count). The Hall–Kier alpha value is -2.68. The van der Waals surface area contributed by atoms with Crippen LogP contribution in [-0.2, 0) is 16.6 Å². The molecule has 144 valence electrons. The summed E-state index contributed by atoms with van der Waals surface area (Å²) in [5.41, 5.74) is 2.63. The van der Waals surface area contributed by atoms with Crippen molar-refractivity contribution in [1.82, 2.24) is 5.32 Å². The van der Waals surface area contributed by atoms with Crippen LogP contribution < -0.4 is 15.2 Å². The second-order valence-corrected chi connectivity index (χ2v) is 9.18. The van der Waals surface area contributed by atoms with E-state index in [0.29, 0.717) is 17.0 Å². The van der Waals surface area contributed by atoms with Crippen LogP contribution in [0, 0.1) is 0 Å². The number of para-hydroxylation sites is 1. The number of nitrogens with one attached hydrogen (secondary N) is 1. The number of nitrogens with two attached hydrogens (primary N) is 1. The molecule has 0 saturated carbocycles. The Balaban J connectivity index is 1.56. The van der Waals surface area contributed by atoms with Crippen molar-refractivity contribution < 1.29 is 17.9 Å². The highest BCUT2D eigenvalue weighted by Crippen LogP contribution is 2.42. The number of hydrogen-bond acceptors (Lipinski definition) is 5. The molecule has 1 aromatic heterocycles. The zero-order valence-electron chi connectivity index (χ0n) is 15.0. The van der Waals surface area contributed by atoms with Crippen LogP contribution in [0.1, 0.15) is 33.8 Å². The molecular formula is C20H18N2O4S2. The van der Waals surface area contributed by atoms with Gasteiger partial charge in [0.15, 0.2) is 0 Å². The van der Waals surface area contributed by atoms with Crippen molar-refractivity contribution in [1.29, 1.82) is 0 Å². The van der Waals surface area contributed by atoms with E-state index in [4.69, 9.17) is 9.88 Å². The van der Waals surface area contributed by atoms with Crippen molar-refractivity contribution in [2.75, 3.05) is 0 Å². The molecule has 3 N–H and O–H groups in total. The van der Waals surface area contributed by atoms with E-state index in [1.54, 1.807) is 19.1 Å². The first kappa shape index (κ1) is 18.7. The van der Waals surface area contributed by atoms with Gasteiger partial charge in [-0.05, 0) is 42.8 Å². The third kappa shape index (κ3) is 3.54. The number of fused-ring (bicyclic) bond motifs is 3. The highest BCUT2D eigenvalue weighted by Gasteiger charge is 2.23. The van der Waals surface area contributed by atoms with Crippen molar-refractivity contribution in [3.63, 3.8) is 0 Å². The molecule has 0 radical (unpaired) electrons. The number of ether oxygens (including phenoxy) is 1. The Morgan fingerprint density at radius 3 is 2.75 bits per heavy atom. The molecule has 3 aromatic rings. The van der Waals surface area contributed by atoms with Crippen LogP contribution in [0.2, 0.25) is 0 Å². The van der Waals surface area contributed by atoms with E-state index in [1.807, 2.05) is 30.3 Å². The average Bonchev–Trinajstić information content (AvgIpc) is 3.12. The van der Waals surface area contributed by atoms with Crippen molar-refractivity contribution >= 4 is 27.3 Å². The van der Waals surface area contributed by atoms with Crippen LogP contribution in [0.5, 0.6) is 5.75 Å². The summed E-state index contributed by atoms with van der Waals surface area (Å²) in [6.07, 6.45) is 0. The molecule has 1 aliphatic rings. The van der Waals surface area contributed by atoms with Crippen molar-refractivity contribution in [2.45, 2.75) is 24.5 Å². The Morgan fingerprint density at radius 2 is 1.96 bits per heavy atom. The standard InChI is InChI=1S/C20H18N2O4S2/c1-12(13-5-4-6-15(9-13)28(21,24)25)22-20(23)18-10-14-11-26-17-8-3-2-7-16(17)19(14)27-18/h2-10,12H,11H2,1H3,(H,22,23)(H2,21,24,25). The summed E-state index contributed by atoms with van der Waals surface area (Å²) < 4.78 is 28.8. The van der Waals surface area contributed by atoms with Crippen LogP contribution in [0.25, 0.3) is 10.4 Å². The third-order valence-corrected chi connectivity index (χ3v) is 6.70. The van der Waals surface area contributed by atoms with Crippen molar-refractivity contribution in [3.05, 3.63) is 70.6 Å². The lowest BCUT2D eigenvalue weighted by atomic mass is 10.1. The summed E-state index contributed by atoms with van der Waals surface area (Å²) in [5.74, 6) is 0.599. The lowest BCUT2D eigenvalue weighted by Crippen LogP contribution is -2.26. The van der Waals surface area contributed by atoms with Gasteiger partial charge in [-0.25, -0.2) is 13.6 Å². The van der Waals surface area contributed by atoms with Crippen LogP contribution in [0.4, 0.5) is 0 Å². The molecule has 0 fully saturated rings. The van der Waals surface area contributed by atoms with E-state index in [0.717, 1.165) is 21.8 Å². The van der Waals surface area contributed by atoms with Gasteiger partial charge in [0.25, 0.3) is 5.91 Å². The number of hydrogen-bond donors (Lipinski definition) is 2. The zero-order chi connectivity index (χ0) is 19.9. The molecule has 1 atom stereocenters. The maximum Gasteiger partial charge on any atom is 0.261 e. The van der Waals surface area contributed by atoms with Crippen LogP contribution >= 0.6 is 11.3 Å². The quantitative estimate of drug-likeness (QED) is 0.683. The minimum absolute atomic E-state index is 0.0199. The normalized spacial score (nSPS) is 13.8. The SMILES string of the molecule is CC(NC(=O)c1cc2c(s1)-c1ccccc1OC2)c1cccc(S(N)(=O)=O)c1. The number of primary sulfonamides is 1. The van der Waals surface area contributed by atoms with E-state index >= 15 is 0 Å². The second-order valence-electron chi connectivity index (χ2n) is 6.56. The molecule has 28 heavy (non-hydrogen) atoms. The number of carbonyl (C=O) groups is 1. The Labute approximate surface area is 167 Å². The molecule has 2 heterocycles. The maximum atomic E-state index is 12.8. The number of benzene rings is 2. The number of carbonyl (C=O) groups excluding carboxylic acids is 1. The molecule has 6 nitrogen and oxygen atoms in total. The van der Waals surface area contributed by atoms with Gasteiger partial charge in [0.2, 0.25) is 10.0 Å². The average molecular weight is 415 g/mol. The van der Waals surface area contributed by atoms with E-state index in [2.05, 4.69) is 5.32 Å². The van der Waals surface area contributed by atoms with Gasteiger partial charge in [0.05, 0.1) is 15.8 Å². The van der Waals surface area contributed by atoms with E-state index in [1.165, 1.54) is 23.5 Å². The van der Waals surface area contributed by atoms with Crippen LogP contribution in [0.3, 0.4) is 0 Å². The maximum absolute atomic E-state index is 12.8. The predicted molar refractivity (Wildman–Crippen MR) is 108 cm³/mol. The van der Waals surface area contributed by atoms with Gasteiger partial charge in [-0.15, -0.1) is 11.3 Å². The van der Waals surface area contributed by atoms with E-state index in [9.17, 15) is 13.2 Å². The molecule has 1 aliphatic heterocycles. The fourth-order valence-electron chi connectivity index (χ4n) is 3.12. The Bertz CT molecular complexity index is 1170. The van der Waals surface area contributed by atoms with E-state index in [-0.39, 0.29) is 16.8 Å². The van der Waals surface area contributed by atoms with Gasteiger partial charge in [0, 0.05) is 16.0 Å². The van der Waals surface area contributed by atoms with Crippen LogP contribution in [0.15, 0.2) is 59.5 Å². The number of rotatable bonds is 4. The number of amides is 1. The first-order valence-corrected chi connectivity index (χ1v) is 11.0. The first-order chi connectivity index (χ1) is 13.3. The molecule has 8 heteroatoms. The highest BCUT2D eigenvalue weighted by molar-refractivity contribution is 7.89. The molecule has 1 unspecified atom stereocenters. The van der Waals surface area contributed by atoms with Gasteiger partial charge in [-0.3, -0.25) is 4.79 Å². The van der Waals surface area contributed by atoms with Gasteiger partial charge in [0.1, 0.15) is 12.4 Å². The molecule has 0 spiro atoms. The minimum Gasteiger partial charge on any atom is -0.488 e. The molecule has 0 aliphatic carbocycles. The number of thiophene rings is 1. The largest absolute Gasteiger partial charge is 0.488 e. The Kier molecular flexibility index (Phi) is 4.70. The van der Waals surface area contributed by atoms with Gasteiger partial charge in [-0.1, -0.05) is 24.3 Å². The Morgan fingerprint density at radius 1 is 1.18 bits per heavy atom. The van der Waals surface area contributed by atoms with Crippen molar-refractivity contribution in [2.24, 2.45) is 5.14 Å². The summed E-state index contributed by atoms with van der Waals surface area (Å²) in [4.78, 5) is 14.4. The zero-order valence-corrected chi connectivity index (χ0v) is 16.6. The lowest BCUT2D eigenvalue weighted by molar-refractivity contribution is 0.0944. The molecule has 1 amide bonds. The third-order valence-electron chi connectivity index (χ3n) is 4.58. The summed E-state index contributed by atoms with van der Waals surface area (Å²) in [5, 5.41) is 8.11. The summed E-state index contributed by atoms with van der Waals surface area (Å²) in [7, 11) is -3.79. The molecule has 2 aromatic carbocycles. The second kappa shape index (κ2) is 7.05. The summed E-state index contributed by atoms with van der Waals surface area (Å²) >= 11 is 1.42. The first-order valence-electron chi connectivity index (χ1n) is 8.61. The monoisotopic (exact) mass is 414 g/mol. The fraction of sp³-hybridized carbons (Fsp3) is 0.150. The summed E-state index contributed by atoms with van der Waals surface area (Å²) in [6, 6.07) is 15.5. The van der Waals surface area contributed by atoms with Gasteiger partial charge in [-0.2, -0.15) is 0 Å². The fourth-order valence-corrected chi connectivity index (χ4v) is 4.79. The van der Waals surface area contributed by atoms with E-state index < -0.39 is 10.0 Å². The van der Waals surface area contributed by atoms with Gasteiger partial charge >= 0.3 is 0 Å². The van der Waals surface area contributed by atoms with Gasteiger partial charge < -0.3 is 10.1 Å². The lowest BCUT2D eigenvalue weighted by Gasteiger charge is -2.16. The molecule has 0 bridgehead atoms. The predicted octanol–water partition coefficient (Wildman–Crippen LogP) is 3.45. The minimum atomic E-state index is -3.79. The molecule has 0 saturated heterocycles. The van der Waals surface area contributed by atoms with Crippen LogP contribution in [-0.4, -0.2) is 14.3 Å². The smallest absolute Gasteiger partial charge is 0.261 e. The highest BCUT2D eigenvalue weighted by atomic mass is 32.2. The topological polar surface area (TPSA) is 98.5 Å².